The summed E-state index contributed by atoms with van der Waals surface area (Å²) in [5, 5.41) is 3.57. The fraction of sp³-hybridized carbons (Fsp3) is 0.0909. The molecule has 0 aliphatic heterocycles. The van der Waals surface area contributed by atoms with Crippen LogP contribution in [0.1, 0.15) is 15.4 Å². The van der Waals surface area contributed by atoms with Crippen molar-refractivity contribution < 1.29 is 4.79 Å². The third-order valence-electron chi connectivity index (χ3n) is 2.20. The summed E-state index contributed by atoms with van der Waals surface area (Å²) in [7, 11) is 0. The van der Waals surface area contributed by atoms with E-state index in [2.05, 4.69) is 26.2 Å². The second-order valence-electron chi connectivity index (χ2n) is 3.54. The molecule has 0 radical (unpaired) electrons. The van der Waals surface area contributed by atoms with Gasteiger partial charge in [-0.25, -0.2) is 4.98 Å². The van der Waals surface area contributed by atoms with Crippen molar-refractivity contribution in [2.24, 2.45) is 0 Å². The molecule has 18 heavy (non-hydrogen) atoms. The predicted molar refractivity (Wildman–Crippen MR) is 78.4 cm³/mol. The van der Waals surface area contributed by atoms with E-state index in [-0.39, 0.29) is 5.91 Å². The van der Waals surface area contributed by atoms with Crippen LogP contribution in [0.25, 0.3) is 0 Å². The SMILES string of the molecule is Cc1nc(N)sc1C(=O)Nc1ccc(Br)cc1Cl. The number of thiazole rings is 1. The quantitative estimate of drug-likeness (QED) is 0.871. The lowest BCUT2D eigenvalue weighted by Gasteiger charge is -2.06. The Morgan fingerprint density at radius 1 is 1.56 bits per heavy atom. The minimum Gasteiger partial charge on any atom is -0.375 e. The highest BCUT2D eigenvalue weighted by Crippen LogP contribution is 2.27. The second-order valence-corrected chi connectivity index (χ2v) is 5.90. The number of amides is 1. The van der Waals surface area contributed by atoms with E-state index in [4.69, 9.17) is 17.3 Å². The molecule has 1 heterocycles. The van der Waals surface area contributed by atoms with E-state index >= 15 is 0 Å². The maximum absolute atomic E-state index is 12.0. The minimum absolute atomic E-state index is 0.258. The number of carbonyl (C=O) groups excluding carboxylic acids is 1. The van der Waals surface area contributed by atoms with Crippen LogP contribution in [0.2, 0.25) is 5.02 Å². The Balaban J connectivity index is 2.24. The third-order valence-corrected chi connectivity index (χ3v) is 3.99. The lowest BCUT2D eigenvalue weighted by atomic mass is 10.3. The molecule has 0 aliphatic carbocycles. The first kappa shape index (κ1) is 13.3. The first-order chi connectivity index (χ1) is 8.47. The molecule has 0 aliphatic rings. The third kappa shape index (κ3) is 2.82. The van der Waals surface area contributed by atoms with Gasteiger partial charge < -0.3 is 11.1 Å². The number of anilines is 2. The monoisotopic (exact) mass is 345 g/mol. The summed E-state index contributed by atoms with van der Waals surface area (Å²) in [6, 6.07) is 5.24. The number of aryl methyl sites for hydroxylation is 1. The standard InChI is InChI=1S/C11H9BrClN3OS/c1-5-9(18-11(14)15-5)10(17)16-8-3-2-6(12)4-7(8)13/h2-4H,1H3,(H2,14,15)(H,16,17). The fourth-order valence-corrected chi connectivity index (χ4v) is 2.85. The van der Waals surface area contributed by atoms with Crippen molar-refractivity contribution in [1.82, 2.24) is 4.98 Å². The number of halogens is 2. The van der Waals surface area contributed by atoms with Gasteiger partial charge in [0.05, 0.1) is 16.4 Å². The number of hydrogen-bond donors (Lipinski definition) is 2. The molecule has 0 bridgehead atoms. The lowest BCUT2D eigenvalue weighted by molar-refractivity contribution is 0.103. The highest BCUT2D eigenvalue weighted by atomic mass is 79.9. The summed E-state index contributed by atoms with van der Waals surface area (Å²) in [5.74, 6) is -0.258. The van der Waals surface area contributed by atoms with Crippen molar-refractivity contribution in [2.75, 3.05) is 11.1 Å². The molecule has 0 atom stereocenters. The van der Waals surface area contributed by atoms with E-state index in [0.717, 1.165) is 15.8 Å². The Labute approximate surface area is 121 Å². The summed E-state index contributed by atoms with van der Waals surface area (Å²) in [6.45, 7) is 1.74. The van der Waals surface area contributed by atoms with Gasteiger partial charge in [0.15, 0.2) is 5.13 Å². The zero-order valence-electron chi connectivity index (χ0n) is 9.33. The van der Waals surface area contributed by atoms with Crippen LogP contribution < -0.4 is 11.1 Å². The van der Waals surface area contributed by atoms with Gasteiger partial charge in [0.1, 0.15) is 4.88 Å². The van der Waals surface area contributed by atoms with Gasteiger partial charge in [-0.15, -0.1) is 0 Å². The molecule has 1 aromatic heterocycles. The van der Waals surface area contributed by atoms with E-state index < -0.39 is 0 Å². The van der Waals surface area contributed by atoms with E-state index in [9.17, 15) is 4.79 Å². The summed E-state index contributed by atoms with van der Waals surface area (Å²) in [4.78, 5) is 16.5. The molecule has 1 amide bonds. The van der Waals surface area contributed by atoms with Crippen LogP contribution >= 0.6 is 38.9 Å². The Morgan fingerprint density at radius 3 is 2.83 bits per heavy atom. The second kappa shape index (κ2) is 5.26. The molecule has 2 rings (SSSR count). The molecule has 94 valence electrons. The number of nitrogens with zero attached hydrogens (tertiary/aromatic N) is 1. The first-order valence-electron chi connectivity index (χ1n) is 4.96. The number of nitrogens with two attached hydrogens (primary N) is 1. The van der Waals surface area contributed by atoms with E-state index in [1.54, 1.807) is 25.1 Å². The van der Waals surface area contributed by atoms with Crippen LogP contribution in [0.3, 0.4) is 0 Å². The Hall–Kier alpha value is -1.11. The zero-order chi connectivity index (χ0) is 13.3. The number of benzene rings is 1. The van der Waals surface area contributed by atoms with Crippen LogP contribution in [-0.2, 0) is 0 Å². The maximum atomic E-state index is 12.0. The fourth-order valence-electron chi connectivity index (χ4n) is 1.40. The molecular formula is C11H9BrClN3OS. The van der Waals surface area contributed by atoms with Crippen LogP contribution in [0, 0.1) is 6.92 Å². The first-order valence-corrected chi connectivity index (χ1v) is 6.95. The highest BCUT2D eigenvalue weighted by molar-refractivity contribution is 9.10. The number of aromatic nitrogens is 1. The molecule has 4 nitrogen and oxygen atoms in total. The molecule has 0 saturated carbocycles. The van der Waals surface area contributed by atoms with Gasteiger partial charge in [-0.05, 0) is 25.1 Å². The van der Waals surface area contributed by atoms with Crippen LogP contribution in [0.5, 0.6) is 0 Å². The lowest BCUT2D eigenvalue weighted by Crippen LogP contribution is -2.11. The van der Waals surface area contributed by atoms with E-state index in [1.807, 2.05) is 0 Å². The minimum atomic E-state index is -0.258. The average molecular weight is 347 g/mol. The summed E-state index contributed by atoms with van der Waals surface area (Å²) in [5.41, 5.74) is 6.72. The summed E-state index contributed by atoms with van der Waals surface area (Å²) >= 11 is 10.5. The summed E-state index contributed by atoms with van der Waals surface area (Å²) in [6.07, 6.45) is 0. The number of carbonyl (C=O) groups is 1. The van der Waals surface area contributed by atoms with Crippen LogP contribution in [-0.4, -0.2) is 10.9 Å². The van der Waals surface area contributed by atoms with Gasteiger partial charge >= 0.3 is 0 Å². The maximum Gasteiger partial charge on any atom is 0.267 e. The zero-order valence-corrected chi connectivity index (χ0v) is 12.5. The van der Waals surface area contributed by atoms with Crippen molar-refractivity contribution >= 4 is 55.6 Å². The van der Waals surface area contributed by atoms with Gasteiger partial charge in [-0.2, -0.15) is 0 Å². The molecule has 7 heteroatoms. The number of nitrogens with one attached hydrogen (secondary N) is 1. The molecule has 0 unspecified atom stereocenters. The number of nitrogen functional groups attached to an aromatic ring is 1. The average Bonchev–Trinajstić information content (AvgIpc) is 2.62. The van der Waals surface area contributed by atoms with Crippen molar-refractivity contribution in [2.45, 2.75) is 6.92 Å². The molecule has 0 spiro atoms. The molecule has 2 aromatic rings. The Morgan fingerprint density at radius 2 is 2.28 bits per heavy atom. The number of hydrogen-bond acceptors (Lipinski definition) is 4. The van der Waals surface area contributed by atoms with Gasteiger partial charge in [0.25, 0.3) is 5.91 Å². The highest BCUT2D eigenvalue weighted by Gasteiger charge is 2.15. The van der Waals surface area contributed by atoms with Crippen molar-refractivity contribution in [1.29, 1.82) is 0 Å². The van der Waals surface area contributed by atoms with E-state index in [0.29, 0.717) is 26.4 Å². The Kier molecular flexibility index (Phi) is 3.89. The topological polar surface area (TPSA) is 68.0 Å². The molecule has 0 saturated heterocycles. The largest absolute Gasteiger partial charge is 0.375 e. The smallest absolute Gasteiger partial charge is 0.267 e. The van der Waals surface area contributed by atoms with Gasteiger partial charge in [-0.3, -0.25) is 4.79 Å². The van der Waals surface area contributed by atoms with Crippen molar-refractivity contribution in [3.05, 3.63) is 38.3 Å². The Bertz CT molecular complexity index is 614. The van der Waals surface area contributed by atoms with Crippen LogP contribution in [0.15, 0.2) is 22.7 Å². The van der Waals surface area contributed by atoms with Crippen molar-refractivity contribution in [3.8, 4) is 0 Å². The van der Waals surface area contributed by atoms with Gasteiger partial charge in [-0.1, -0.05) is 38.9 Å². The van der Waals surface area contributed by atoms with E-state index in [1.165, 1.54) is 0 Å². The normalized spacial score (nSPS) is 10.4. The van der Waals surface area contributed by atoms with Crippen molar-refractivity contribution in [3.63, 3.8) is 0 Å². The molecular weight excluding hydrogens is 338 g/mol. The molecule has 3 N–H and O–H groups in total. The summed E-state index contributed by atoms with van der Waals surface area (Å²) < 4.78 is 0.851. The van der Waals surface area contributed by atoms with Gasteiger partial charge in [0, 0.05) is 4.47 Å². The van der Waals surface area contributed by atoms with Crippen LogP contribution in [0.4, 0.5) is 10.8 Å². The number of rotatable bonds is 2. The molecule has 1 aromatic carbocycles. The molecule has 0 fully saturated rings. The van der Waals surface area contributed by atoms with Gasteiger partial charge in [0.2, 0.25) is 0 Å². The predicted octanol–water partition coefficient (Wildman–Crippen LogP) is 3.70.